The molecule has 0 saturated heterocycles. The zero-order valence-electron chi connectivity index (χ0n) is 7.41. The van der Waals surface area contributed by atoms with Crippen LogP contribution in [0.4, 0.5) is 4.39 Å². The van der Waals surface area contributed by atoms with Gasteiger partial charge in [-0.05, 0) is 42.9 Å². The molecule has 0 N–H and O–H groups in total. The molecule has 0 aromatic heterocycles. The normalized spacial score (nSPS) is 23.7. The van der Waals surface area contributed by atoms with Gasteiger partial charge in [-0.2, -0.15) is 0 Å². The quantitative estimate of drug-likeness (QED) is 0.512. The van der Waals surface area contributed by atoms with Gasteiger partial charge < -0.3 is 0 Å². The van der Waals surface area contributed by atoms with Crippen LogP contribution in [-0.2, 0) is 0 Å². The summed E-state index contributed by atoms with van der Waals surface area (Å²) in [5.74, 6) is 0.0865. The van der Waals surface area contributed by atoms with Crippen LogP contribution in [0.1, 0.15) is 32.6 Å². The van der Waals surface area contributed by atoms with Gasteiger partial charge in [0.05, 0.1) is 0 Å². The lowest BCUT2D eigenvalue weighted by Crippen LogP contribution is -1.97. The lowest BCUT2D eigenvalue weighted by Gasteiger charge is -2.15. The van der Waals surface area contributed by atoms with E-state index >= 15 is 0 Å². The molecule has 0 amide bonds. The van der Waals surface area contributed by atoms with Crippen LogP contribution in [-0.4, -0.2) is 0 Å². The van der Waals surface area contributed by atoms with Crippen LogP contribution in [0.2, 0.25) is 0 Å². The van der Waals surface area contributed by atoms with E-state index in [0.29, 0.717) is 6.42 Å². The maximum Gasteiger partial charge on any atom is 0.103 e. The van der Waals surface area contributed by atoms with Crippen molar-refractivity contribution in [3.63, 3.8) is 0 Å². The predicted molar refractivity (Wildman–Crippen MR) is 48.4 cm³/mol. The number of rotatable bonds is 0. The first kappa shape index (κ1) is 7.78. The summed E-state index contributed by atoms with van der Waals surface area (Å²) in [7, 11) is 0. The van der Waals surface area contributed by atoms with E-state index in [1.807, 2.05) is 6.92 Å². The van der Waals surface area contributed by atoms with Crippen LogP contribution in [0, 0.1) is 0 Å². The molecule has 0 saturated carbocycles. The van der Waals surface area contributed by atoms with E-state index in [2.05, 4.69) is 6.58 Å². The van der Waals surface area contributed by atoms with Gasteiger partial charge in [0.2, 0.25) is 0 Å². The van der Waals surface area contributed by atoms with Gasteiger partial charge in [-0.1, -0.05) is 12.2 Å². The Morgan fingerprint density at radius 2 is 1.75 bits per heavy atom. The summed E-state index contributed by atoms with van der Waals surface area (Å²) in [5.41, 5.74) is 4.70. The maximum absolute atomic E-state index is 13.2. The van der Waals surface area contributed by atoms with Gasteiger partial charge in [-0.25, -0.2) is 4.39 Å². The Bertz CT molecular complexity index is 305. The Hall–Kier alpha value is -0.850. The van der Waals surface area contributed by atoms with Crippen molar-refractivity contribution >= 4 is 0 Å². The molecule has 0 unspecified atom stereocenters. The molecule has 0 fully saturated rings. The van der Waals surface area contributed by atoms with E-state index in [9.17, 15) is 4.39 Å². The summed E-state index contributed by atoms with van der Waals surface area (Å²) in [5, 5.41) is 0. The van der Waals surface area contributed by atoms with Crippen molar-refractivity contribution in [3.05, 3.63) is 34.7 Å². The fraction of sp³-hybridized carbons (Fsp3) is 0.455. The van der Waals surface area contributed by atoms with Gasteiger partial charge in [-0.15, -0.1) is 0 Å². The summed E-state index contributed by atoms with van der Waals surface area (Å²) >= 11 is 0. The molecular formula is C11H13F. The smallest absolute Gasteiger partial charge is 0.103 e. The number of halogens is 1. The summed E-state index contributed by atoms with van der Waals surface area (Å²) < 4.78 is 13.2. The first-order valence-corrected chi connectivity index (χ1v) is 4.46. The molecule has 0 aromatic carbocycles. The molecule has 0 heterocycles. The predicted octanol–water partition coefficient (Wildman–Crippen LogP) is 3.67. The first-order valence-electron chi connectivity index (χ1n) is 4.46. The van der Waals surface area contributed by atoms with E-state index in [-0.39, 0.29) is 5.83 Å². The molecule has 0 aromatic rings. The van der Waals surface area contributed by atoms with Gasteiger partial charge in [0.15, 0.2) is 0 Å². The Balaban J connectivity index is 2.46. The highest BCUT2D eigenvalue weighted by atomic mass is 19.1. The van der Waals surface area contributed by atoms with Crippen molar-refractivity contribution < 1.29 is 4.39 Å². The van der Waals surface area contributed by atoms with Crippen molar-refractivity contribution in [1.29, 1.82) is 0 Å². The van der Waals surface area contributed by atoms with Crippen LogP contribution in [0.5, 0.6) is 0 Å². The Morgan fingerprint density at radius 3 is 2.50 bits per heavy atom. The van der Waals surface area contributed by atoms with E-state index in [0.717, 1.165) is 24.8 Å². The lowest BCUT2D eigenvalue weighted by atomic mass is 9.92. The van der Waals surface area contributed by atoms with Crippen LogP contribution >= 0.6 is 0 Å². The van der Waals surface area contributed by atoms with Crippen LogP contribution in [0.15, 0.2) is 34.7 Å². The fourth-order valence-corrected chi connectivity index (χ4v) is 2.12. The topological polar surface area (TPSA) is 0 Å². The second-order valence-electron chi connectivity index (χ2n) is 3.59. The van der Waals surface area contributed by atoms with Crippen molar-refractivity contribution in [1.82, 2.24) is 0 Å². The van der Waals surface area contributed by atoms with Crippen molar-refractivity contribution in [3.8, 4) is 0 Å². The molecule has 2 aliphatic rings. The Kier molecular flexibility index (Phi) is 1.67. The van der Waals surface area contributed by atoms with E-state index < -0.39 is 0 Å². The molecule has 12 heavy (non-hydrogen) atoms. The highest BCUT2D eigenvalue weighted by Crippen LogP contribution is 2.42. The van der Waals surface area contributed by atoms with E-state index in [1.54, 1.807) is 0 Å². The van der Waals surface area contributed by atoms with Crippen LogP contribution in [0.3, 0.4) is 0 Å². The van der Waals surface area contributed by atoms with Gasteiger partial charge in [0.25, 0.3) is 0 Å². The molecule has 0 aliphatic heterocycles. The summed E-state index contributed by atoms with van der Waals surface area (Å²) in [4.78, 5) is 0. The fourth-order valence-electron chi connectivity index (χ4n) is 2.12. The standard InChI is InChI=1S/C11H13F/c1-7-3-4-10-8(2)11(12)6-5-9(7)10/h1,3-6H2,2H3. The van der Waals surface area contributed by atoms with Crippen molar-refractivity contribution in [2.75, 3.05) is 0 Å². The third-order valence-corrected chi connectivity index (χ3v) is 2.92. The molecule has 2 rings (SSSR count). The van der Waals surface area contributed by atoms with Crippen LogP contribution < -0.4 is 0 Å². The van der Waals surface area contributed by atoms with Gasteiger partial charge in [0.1, 0.15) is 5.83 Å². The van der Waals surface area contributed by atoms with Crippen molar-refractivity contribution in [2.45, 2.75) is 32.6 Å². The minimum Gasteiger partial charge on any atom is -0.212 e. The number of allylic oxidation sites excluding steroid dienone is 5. The highest BCUT2D eigenvalue weighted by Gasteiger charge is 2.24. The number of hydrogen-bond acceptors (Lipinski definition) is 0. The van der Waals surface area contributed by atoms with E-state index in [1.165, 1.54) is 16.7 Å². The molecule has 0 bridgehead atoms. The third kappa shape index (κ3) is 0.961. The largest absolute Gasteiger partial charge is 0.212 e. The molecular weight excluding hydrogens is 151 g/mol. The average Bonchev–Trinajstić information content (AvgIpc) is 2.41. The average molecular weight is 164 g/mol. The first-order chi connectivity index (χ1) is 5.70. The summed E-state index contributed by atoms with van der Waals surface area (Å²) in [6.45, 7) is 5.89. The summed E-state index contributed by atoms with van der Waals surface area (Å²) in [6, 6.07) is 0. The monoisotopic (exact) mass is 164 g/mol. The Morgan fingerprint density at radius 1 is 1.08 bits per heavy atom. The second kappa shape index (κ2) is 2.58. The van der Waals surface area contributed by atoms with Crippen LogP contribution in [0.25, 0.3) is 0 Å². The second-order valence-corrected chi connectivity index (χ2v) is 3.59. The third-order valence-electron chi connectivity index (χ3n) is 2.92. The lowest BCUT2D eigenvalue weighted by molar-refractivity contribution is 0.570. The zero-order chi connectivity index (χ0) is 8.72. The molecule has 0 atom stereocenters. The highest BCUT2D eigenvalue weighted by molar-refractivity contribution is 5.51. The maximum atomic E-state index is 13.2. The van der Waals surface area contributed by atoms with Crippen molar-refractivity contribution in [2.24, 2.45) is 0 Å². The van der Waals surface area contributed by atoms with E-state index in [4.69, 9.17) is 0 Å². The minimum absolute atomic E-state index is 0.0865. The van der Waals surface area contributed by atoms with Gasteiger partial charge in [-0.3, -0.25) is 0 Å². The molecule has 0 radical (unpaired) electrons. The summed E-state index contributed by atoms with van der Waals surface area (Å²) in [6.07, 6.45) is 3.50. The van der Waals surface area contributed by atoms with Gasteiger partial charge >= 0.3 is 0 Å². The Labute approximate surface area is 72.5 Å². The zero-order valence-corrected chi connectivity index (χ0v) is 7.41. The molecule has 2 aliphatic carbocycles. The number of hydrogen-bond donors (Lipinski definition) is 0. The molecule has 0 spiro atoms. The molecule has 1 heteroatoms. The van der Waals surface area contributed by atoms with Gasteiger partial charge in [0, 0.05) is 6.42 Å². The molecule has 64 valence electrons. The minimum atomic E-state index is 0.0865. The molecule has 0 nitrogen and oxygen atoms in total. The SMILES string of the molecule is C=C1CCC2=C1CCC(F)=C2C.